The Kier molecular flexibility index (Phi) is 3.41. The Morgan fingerprint density at radius 1 is 1.22 bits per heavy atom. The highest BCUT2D eigenvalue weighted by Gasteiger charge is 2.11. The number of halogens is 2. The fraction of sp³-hybridized carbons (Fsp3) is 0.154. The van der Waals surface area contributed by atoms with E-state index in [9.17, 15) is 13.9 Å². The summed E-state index contributed by atoms with van der Waals surface area (Å²) < 4.78 is 25.8. The zero-order chi connectivity index (χ0) is 13.1. The lowest BCUT2D eigenvalue weighted by atomic mass is 10.1. The van der Waals surface area contributed by atoms with Crippen molar-refractivity contribution in [1.29, 1.82) is 0 Å². The Hall–Kier alpha value is -2.17. The fourth-order valence-electron chi connectivity index (χ4n) is 1.67. The molecule has 1 heterocycles. The van der Waals surface area contributed by atoms with Crippen LogP contribution in [0.3, 0.4) is 0 Å². The summed E-state index contributed by atoms with van der Waals surface area (Å²) in [4.78, 5) is 3.65. The molecule has 2 N–H and O–H groups in total. The number of benzene rings is 1. The zero-order valence-corrected chi connectivity index (χ0v) is 9.69. The van der Waals surface area contributed by atoms with Crippen molar-refractivity contribution in [1.82, 2.24) is 4.98 Å². The molecule has 3 nitrogen and oxygen atoms in total. The molecule has 1 aromatic carbocycles. The van der Waals surface area contributed by atoms with Crippen LogP contribution in [-0.4, -0.2) is 10.1 Å². The molecular weight excluding hydrogens is 238 g/mol. The van der Waals surface area contributed by atoms with Gasteiger partial charge in [0, 0.05) is 11.6 Å². The molecule has 0 amide bonds. The van der Waals surface area contributed by atoms with E-state index in [1.807, 2.05) is 0 Å². The first-order chi connectivity index (χ1) is 8.56. The Morgan fingerprint density at radius 3 is 2.67 bits per heavy atom. The third-order valence-electron chi connectivity index (χ3n) is 2.54. The van der Waals surface area contributed by atoms with Gasteiger partial charge in [-0.25, -0.2) is 9.37 Å². The molecule has 0 aliphatic heterocycles. The van der Waals surface area contributed by atoms with Gasteiger partial charge in [0.05, 0.1) is 6.04 Å². The highest BCUT2D eigenvalue weighted by Crippen LogP contribution is 2.26. The summed E-state index contributed by atoms with van der Waals surface area (Å²) >= 11 is 0. The molecule has 0 spiro atoms. The molecule has 5 heteroatoms. The van der Waals surface area contributed by atoms with Crippen molar-refractivity contribution in [3.63, 3.8) is 0 Å². The van der Waals surface area contributed by atoms with Crippen molar-refractivity contribution in [2.75, 3.05) is 5.32 Å². The molecule has 0 fully saturated rings. The molecule has 0 radical (unpaired) electrons. The number of pyridine rings is 1. The smallest absolute Gasteiger partial charge is 0.214 e. The molecule has 1 unspecified atom stereocenters. The van der Waals surface area contributed by atoms with Gasteiger partial charge in [-0.15, -0.1) is 0 Å². The molecule has 94 valence electrons. The maximum atomic E-state index is 12.9. The van der Waals surface area contributed by atoms with Gasteiger partial charge in [-0.1, -0.05) is 12.1 Å². The number of aromatic nitrogens is 1. The monoisotopic (exact) mass is 250 g/mol. The first-order valence-corrected chi connectivity index (χ1v) is 5.44. The predicted octanol–water partition coefficient (Wildman–Crippen LogP) is 3.24. The van der Waals surface area contributed by atoms with Crippen molar-refractivity contribution >= 4 is 5.82 Å². The van der Waals surface area contributed by atoms with Crippen LogP contribution < -0.4 is 5.32 Å². The lowest BCUT2D eigenvalue weighted by Gasteiger charge is -2.16. The van der Waals surface area contributed by atoms with Crippen LogP contribution in [0.1, 0.15) is 18.5 Å². The number of aromatic hydroxyl groups is 1. The molecule has 1 aromatic heterocycles. The summed E-state index contributed by atoms with van der Waals surface area (Å²) in [6, 6.07) is 7.83. The summed E-state index contributed by atoms with van der Waals surface area (Å²) in [6.45, 7) is 1.76. The first-order valence-electron chi connectivity index (χ1n) is 5.44. The number of phenolic OH excluding ortho intramolecular Hbond substituents is 1. The zero-order valence-electron chi connectivity index (χ0n) is 9.69. The molecule has 18 heavy (non-hydrogen) atoms. The van der Waals surface area contributed by atoms with Gasteiger partial charge in [0.1, 0.15) is 17.4 Å². The van der Waals surface area contributed by atoms with E-state index in [2.05, 4.69) is 10.3 Å². The SMILES string of the molecule is CC(Nc1cccc(F)n1)c1ccc(F)cc1O. The van der Waals surface area contributed by atoms with Crippen molar-refractivity contribution in [3.05, 3.63) is 53.7 Å². The Balaban J connectivity index is 2.19. The largest absolute Gasteiger partial charge is 0.507 e. The summed E-state index contributed by atoms with van der Waals surface area (Å²) in [6.07, 6.45) is 0. The second-order valence-electron chi connectivity index (χ2n) is 3.91. The summed E-state index contributed by atoms with van der Waals surface area (Å²) in [5.74, 6) is -0.888. The molecular formula is C13H12F2N2O. The van der Waals surface area contributed by atoms with Gasteiger partial charge in [-0.2, -0.15) is 4.39 Å². The van der Waals surface area contributed by atoms with Crippen LogP contribution >= 0.6 is 0 Å². The Bertz CT molecular complexity index is 560. The maximum Gasteiger partial charge on any atom is 0.214 e. The van der Waals surface area contributed by atoms with Crippen LogP contribution in [-0.2, 0) is 0 Å². The quantitative estimate of drug-likeness (QED) is 0.822. The van der Waals surface area contributed by atoms with Gasteiger partial charge in [0.15, 0.2) is 0 Å². The number of nitrogens with zero attached hydrogens (tertiary/aromatic N) is 1. The summed E-state index contributed by atoms with van der Waals surface area (Å²) in [7, 11) is 0. The van der Waals surface area contributed by atoms with Gasteiger partial charge >= 0.3 is 0 Å². The van der Waals surface area contributed by atoms with E-state index >= 15 is 0 Å². The minimum absolute atomic E-state index is 0.147. The van der Waals surface area contributed by atoms with Gasteiger partial charge in [-0.3, -0.25) is 0 Å². The van der Waals surface area contributed by atoms with E-state index in [0.29, 0.717) is 11.4 Å². The van der Waals surface area contributed by atoms with Crippen molar-refractivity contribution in [2.24, 2.45) is 0 Å². The molecule has 0 aliphatic carbocycles. The van der Waals surface area contributed by atoms with Crippen LogP contribution in [0.5, 0.6) is 5.75 Å². The molecule has 0 saturated carbocycles. The van der Waals surface area contributed by atoms with E-state index in [-0.39, 0.29) is 11.8 Å². The van der Waals surface area contributed by atoms with Gasteiger partial charge in [-0.05, 0) is 25.1 Å². The van der Waals surface area contributed by atoms with E-state index in [4.69, 9.17) is 0 Å². The van der Waals surface area contributed by atoms with Crippen LogP contribution in [0.4, 0.5) is 14.6 Å². The lowest BCUT2D eigenvalue weighted by molar-refractivity contribution is 0.459. The van der Waals surface area contributed by atoms with Crippen LogP contribution in [0.25, 0.3) is 0 Å². The normalized spacial score (nSPS) is 12.2. The number of phenols is 1. The summed E-state index contributed by atoms with van der Waals surface area (Å²) in [5, 5.41) is 12.5. The highest BCUT2D eigenvalue weighted by atomic mass is 19.1. The topological polar surface area (TPSA) is 45.2 Å². The van der Waals surface area contributed by atoms with Gasteiger partial charge in [0.25, 0.3) is 0 Å². The van der Waals surface area contributed by atoms with E-state index in [1.165, 1.54) is 24.3 Å². The molecule has 0 saturated heterocycles. The number of hydrogen-bond donors (Lipinski definition) is 2. The standard InChI is InChI=1S/C13H12F2N2O/c1-8(10-6-5-9(14)7-11(10)18)16-13-4-2-3-12(15)17-13/h2-8,18H,1H3,(H,16,17). The van der Waals surface area contributed by atoms with Crippen LogP contribution in [0.2, 0.25) is 0 Å². The Labute approximate surface area is 103 Å². The average Bonchev–Trinajstić information content (AvgIpc) is 2.28. The number of rotatable bonds is 3. The minimum Gasteiger partial charge on any atom is -0.507 e. The fourth-order valence-corrected chi connectivity index (χ4v) is 1.67. The van der Waals surface area contributed by atoms with Crippen molar-refractivity contribution < 1.29 is 13.9 Å². The average molecular weight is 250 g/mol. The third kappa shape index (κ3) is 2.74. The third-order valence-corrected chi connectivity index (χ3v) is 2.54. The second-order valence-corrected chi connectivity index (χ2v) is 3.91. The maximum absolute atomic E-state index is 12.9. The van der Waals surface area contributed by atoms with E-state index in [0.717, 1.165) is 6.07 Å². The number of nitrogens with one attached hydrogen (secondary N) is 1. The molecule has 2 rings (SSSR count). The van der Waals surface area contributed by atoms with Crippen LogP contribution in [0.15, 0.2) is 36.4 Å². The first kappa shape index (κ1) is 12.3. The van der Waals surface area contributed by atoms with Gasteiger partial charge in [0.2, 0.25) is 5.95 Å². The molecule has 2 aromatic rings. The highest BCUT2D eigenvalue weighted by molar-refractivity contribution is 5.42. The molecule has 0 aliphatic rings. The summed E-state index contributed by atoms with van der Waals surface area (Å²) in [5.41, 5.74) is 0.516. The lowest BCUT2D eigenvalue weighted by Crippen LogP contribution is -2.08. The van der Waals surface area contributed by atoms with E-state index in [1.54, 1.807) is 13.0 Å². The number of anilines is 1. The second kappa shape index (κ2) is 5.00. The minimum atomic E-state index is -0.587. The van der Waals surface area contributed by atoms with E-state index < -0.39 is 11.8 Å². The molecule has 0 bridgehead atoms. The van der Waals surface area contributed by atoms with Crippen LogP contribution in [0, 0.1) is 11.8 Å². The van der Waals surface area contributed by atoms with Gasteiger partial charge < -0.3 is 10.4 Å². The predicted molar refractivity (Wildman–Crippen MR) is 64.3 cm³/mol. The van der Waals surface area contributed by atoms with Crippen molar-refractivity contribution in [2.45, 2.75) is 13.0 Å². The number of hydrogen-bond acceptors (Lipinski definition) is 3. The Morgan fingerprint density at radius 2 is 2.00 bits per heavy atom. The molecule has 1 atom stereocenters. The van der Waals surface area contributed by atoms with Crippen molar-refractivity contribution in [3.8, 4) is 5.75 Å².